The molecule has 33 heavy (non-hydrogen) atoms. The number of hydrogen-bond acceptors (Lipinski definition) is 4. The summed E-state index contributed by atoms with van der Waals surface area (Å²) < 4.78 is 0. The number of amides is 3. The van der Waals surface area contributed by atoms with Crippen molar-refractivity contribution in [2.24, 2.45) is 0 Å². The van der Waals surface area contributed by atoms with E-state index in [9.17, 15) is 14.4 Å². The van der Waals surface area contributed by atoms with Crippen LogP contribution in [-0.4, -0.2) is 65.9 Å². The Morgan fingerprint density at radius 3 is 2.39 bits per heavy atom. The van der Waals surface area contributed by atoms with Crippen molar-refractivity contribution in [3.8, 4) is 0 Å². The van der Waals surface area contributed by atoms with Crippen LogP contribution in [-0.2, 0) is 9.59 Å². The van der Waals surface area contributed by atoms with Gasteiger partial charge >= 0.3 is 0 Å². The minimum Gasteiger partial charge on any atom is -0.368 e. The Labute approximate surface area is 194 Å². The second-order valence-electron chi connectivity index (χ2n) is 9.44. The van der Waals surface area contributed by atoms with E-state index in [0.29, 0.717) is 37.2 Å². The molecule has 0 N–H and O–H groups in total. The van der Waals surface area contributed by atoms with Gasteiger partial charge in [0, 0.05) is 38.3 Å². The Morgan fingerprint density at radius 1 is 0.939 bits per heavy atom. The molecule has 2 fully saturated rings. The highest BCUT2D eigenvalue weighted by Gasteiger charge is 2.53. The van der Waals surface area contributed by atoms with E-state index in [1.54, 1.807) is 21.9 Å². The van der Waals surface area contributed by atoms with Gasteiger partial charge in [-0.1, -0.05) is 24.3 Å². The van der Waals surface area contributed by atoms with Crippen molar-refractivity contribution in [3.05, 3.63) is 59.2 Å². The molecule has 7 nitrogen and oxygen atoms in total. The minimum atomic E-state index is -0.807. The molecule has 3 aliphatic rings. The van der Waals surface area contributed by atoms with Gasteiger partial charge in [-0.25, -0.2) is 0 Å². The number of rotatable bonds is 3. The van der Waals surface area contributed by atoms with Crippen LogP contribution in [0.15, 0.2) is 42.5 Å². The summed E-state index contributed by atoms with van der Waals surface area (Å²) in [5, 5.41) is 0. The summed E-state index contributed by atoms with van der Waals surface area (Å²) in [6.45, 7) is 8.88. The van der Waals surface area contributed by atoms with Gasteiger partial charge in [0.15, 0.2) is 0 Å². The fourth-order valence-electron chi connectivity index (χ4n) is 5.45. The average Bonchev–Trinajstić information content (AvgIpc) is 3.13. The van der Waals surface area contributed by atoms with E-state index in [1.165, 1.54) is 16.8 Å². The van der Waals surface area contributed by atoms with Gasteiger partial charge in [0.05, 0.1) is 11.3 Å². The normalized spacial score (nSPS) is 22.5. The third kappa shape index (κ3) is 3.37. The minimum absolute atomic E-state index is 0.00274. The lowest BCUT2D eigenvalue weighted by Crippen LogP contribution is -2.64. The van der Waals surface area contributed by atoms with Gasteiger partial charge in [0.2, 0.25) is 11.8 Å². The van der Waals surface area contributed by atoms with Gasteiger partial charge < -0.3 is 14.7 Å². The Balaban J connectivity index is 1.33. The van der Waals surface area contributed by atoms with Crippen molar-refractivity contribution < 1.29 is 14.4 Å². The lowest BCUT2D eigenvalue weighted by Gasteiger charge is -2.49. The zero-order chi connectivity index (χ0) is 23.3. The number of aryl methyl sites for hydroxylation is 1. The van der Waals surface area contributed by atoms with E-state index >= 15 is 0 Å². The number of carbonyl (C=O) groups is 3. The first kappa shape index (κ1) is 21.5. The second-order valence-corrected chi connectivity index (χ2v) is 9.44. The number of carbonyl (C=O) groups excluding carboxylic acids is 3. The van der Waals surface area contributed by atoms with Crippen LogP contribution >= 0.6 is 0 Å². The fraction of sp³-hybridized carbons (Fsp3) is 0.423. The standard InChI is InChI=1S/C26H30N4O3/c1-18-7-6-10-21(19(18)2)27-13-15-28(16-14-27)24(32)17-29-25(33)20-8-4-5-9-22(20)30-23(31)11-12-26(29,30)3/h4-10H,11-17H2,1-3H3. The molecular weight excluding hydrogens is 416 g/mol. The third-order valence-corrected chi connectivity index (χ3v) is 7.59. The van der Waals surface area contributed by atoms with Crippen molar-refractivity contribution in [1.29, 1.82) is 0 Å². The summed E-state index contributed by atoms with van der Waals surface area (Å²) in [7, 11) is 0. The van der Waals surface area contributed by atoms with Gasteiger partial charge in [0.1, 0.15) is 12.2 Å². The molecule has 2 aromatic carbocycles. The SMILES string of the molecule is Cc1cccc(N2CCN(C(=O)CN3C(=O)c4ccccc4N4C(=O)CCC34C)CC2)c1C. The molecule has 0 radical (unpaired) electrons. The molecule has 0 saturated carbocycles. The molecule has 0 aliphatic carbocycles. The van der Waals surface area contributed by atoms with Crippen LogP contribution in [0.5, 0.6) is 0 Å². The van der Waals surface area contributed by atoms with Crippen LogP contribution in [0.4, 0.5) is 11.4 Å². The maximum Gasteiger partial charge on any atom is 0.258 e. The number of nitrogens with zero attached hydrogens (tertiary/aromatic N) is 4. The summed E-state index contributed by atoms with van der Waals surface area (Å²) in [6.07, 6.45) is 0.900. The fourth-order valence-corrected chi connectivity index (χ4v) is 5.45. The molecule has 0 aromatic heterocycles. The maximum atomic E-state index is 13.4. The largest absolute Gasteiger partial charge is 0.368 e. The first-order valence-corrected chi connectivity index (χ1v) is 11.6. The molecule has 7 heteroatoms. The third-order valence-electron chi connectivity index (χ3n) is 7.59. The quantitative estimate of drug-likeness (QED) is 0.727. The Hall–Kier alpha value is -3.35. The van der Waals surface area contributed by atoms with Crippen molar-refractivity contribution in [2.45, 2.75) is 39.3 Å². The monoisotopic (exact) mass is 446 g/mol. The maximum absolute atomic E-state index is 13.4. The summed E-state index contributed by atoms with van der Waals surface area (Å²) >= 11 is 0. The summed E-state index contributed by atoms with van der Waals surface area (Å²) in [4.78, 5) is 46.9. The molecule has 3 aliphatic heterocycles. The predicted molar refractivity (Wildman–Crippen MR) is 127 cm³/mol. The van der Waals surface area contributed by atoms with Gasteiger partial charge in [-0.3, -0.25) is 19.3 Å². The summed E-state index contributed by atoms with van der Waals surface area (Å²) in [6, 6.07) is 13.5. The van der Waals surface area contributed by atoms with E-state index < -0.39 is 5.66 Å². The van der Waals surface area contributed by atoms with E-state index in [-0.39, 0.29) is 24.3 Å². The first-order valence-electron chi connectivity index (χ1n) is 11.6. The molecule has 2 aromatic rings. The zero-order valence-electron chi connectivity index (χ0n) is 19.5. The van der Waals surface area contributed by atoms with Crippen LogP contribution in [0, 0.1) is 13.8 Å². The molecule has 172 valence electrons. The molecule has 2 saturated heterocycles. The molecule has 1 atom stereocenters. The highest BCUT2D eigenvalue weighted by atomic mass is 16.2. The zero-order valence-corrected chi connectivity index (χ0v) is 19.5. The number of benzene rings is 2. The van der Waals surface area contributed by atoms with E-state index in [0.717, 1.165) is 13.1 Å². The molecule has 3 amide bonds. The van der Waals surface area contributed by atoms with Gasteiger partial charge in [-0.05, 0) is 56.5 Å². The number of piperazine rings is 1. The number of anilines is 2. The van der Waals surface area contributed by atoms with Crippen LogP contribution in [0.1, 0.15) is 41.3 Å². The number of para-hydroxylation sites is 1. The predicted octanol–water partition coefficient (Wildman–Crippen LogP) is 2.95. The van der Waals surface area contributed by atoms with E-state index in [2.05, 4.69) is 36.9 Å². The molecule has 0 spiro atoms. The lowest BCUT2D eigenvalue weighted by atomic mass is 9.98. The van der Waals surface area contributed by atoms with Crippen LogP contribution in [0.25, 0.3) is 0 Å². The number of fused-ring (bicyclic) bond motifs is 3. The highest BCUT2D eigenvalue weighted by Crippen LogP contribution is 2.43. The van der Waals surface area contributed by atoms with E-state index in [1.807, 2.05) is 24.0 Å². The first-order chi connectivity index (χ1) is 15.8. The second kappa shape index (κ2) is 7.90. The number of hydrogen-bond donors (Lipinski definition) is 0. The van der Waals surface area contributed by atoms with Gasteiger partial charge in [-0.15, -0.1) is 0 Å². The smallest absolute Gasteiger partial charge is 0.258 e. The molecule has 5 rings (SSSR count). The van der Waals surface area contributed by atoms with Gasteiger partial charge in [0.25, 0.3) is 5.91 Å². The highest BCUT2D eigenvalue weighted by molar-refractivity contribution is 6.11. The molecule has 1 unspecified atom stereocenters. The molecule has 3 heterocycles. The molecule has 0 bridgehead atoms. The van der Waals surface area contributed by atoms with Gasteiger partial charge in [-0.2, -0.15) is 0 Å². The van der Waals surface area contributed by atoms with Crippen LogP contribution in [0.2, 0.25) is 0 Å². The summed E-state index contributed by atoms with van der Waals surface area (Å²) in [5.74, 6) is -0.248. The van der Waals surface area contributed by atoms with E-state index in [4.69, 9.17) is 0 Å². The molecular formula is C26H30N4O3. The lowest BCUT2D eigenvalue weighted by molar-refractivity contribution is -0.133. The van der Waals surface area contributed by atoms with Crippen molar-refractivity contribution >= 4 is 29.1 Å². The van der Waals surface area contributed by atoms with Crippen molar-refractivity contribution in [2.75, 3.05) is 42.5 Å². The average molecular weight is 447 g/mol. The van der Waals surface area contributed by atoms with Crippen LogP contribution < -0.4 is 9.80 Å². The Bertz CT molecular complexity index is 1140. The Kier molecular flexibility index (Phi) is 5.15. The Morgan fingerprint density at radius 2 is 1.64 bits per heavy atom. The topological polar surface area (TPSA) is 64.2 Å². The van der Waals surface area contributed by atoms with Crippen molar-refractivity contribution in [3.63, 3.8) is 0 Å². The van der Waals surface area contributed by atoms with Crippen molar-refractivity contribution in [1.82, 2.24) is 9.80 Å². The summed E-state index contributed by atoms with van der Waals surface area (Å²) in [5.41, 5.74) is 4.08. The van der Waals surface area contributed by atoms with Crippen LogP contribution in [0.3, 0.4) is 0 Å².